The van der Waals surface area contributed by atoms with Crippen molar-refractivity contribution in [1.29, 1.82) is 5.26 Å². The summed E-state index contributed by atoms with van der Waals surface area (Å²) in [5.41, 5.74) is 12.5. The summed E-state index contributed by atoms with van der Waals surface area (Å²) < 4.78 is 0. The molecule has 1 fully saturated rings. The molecule has 2 N–H and O–H groups in total. The number of anilines is 2. The molecule has 0 aliphatic heterocycles. The second kappa shape index (κ2) is 10.3. The highest BCUT2D eigenvalue weighted by Gasteiger charge is 2.31. The van der Waals surface area contributed by atoms with E-state index < -0.39 is 0 Å². The lowest BCUT2D eigenvalue weighted by molar-refractivity contribution is 0.509. The quantitative estimate of drug-likeness (QED) is 0.502. The number of rotatable bonds is 7. The molecule has 2 aliphatic rings. The third-order valence-corrected chi connectivity index (χ3v) is 8.29. The zero-order valence-electron chi connectivity index (χ0n) is 21.7. The van der Waals surface area contributed by atoms with Crippen molar-refractivity contribution in [2.45, 2.75) is 90.9 Å². The monoisotopic (exact) mass is 459 g/mol. The minimum Gasteiger partial charge on any atom is -0.398 e. The summed E-state index contributed by atoms with van der Waals surface area (Å²) in [6.07, 6.45) is 8.68. The molecule has 34 heavy (non-hydrogen) atoms. The number of benzene rings is 1. The van der Waals surface area contributed by atoms with Crippen LogP contribution in [0, 0.1) is 23.2 Å². The number of nitriles is 1. The number of nitrogen functional groups attached to an aromatic ring is 1. The number of aryl methyl sites for hydroxylation is 1. The zero-order chi connectivity index (χ0) is 24.4. The molecule has 4 atom stereocenters. The molecule has 1 heterocycles. The van der Waals surface area contributed by atoms with Crippen molar-refractivity contribution in [2.75, 3.05) is 24.2 Å². The van der Waals surface area contributed by atoms with Crippen LogP contribution in [0.5, 0.6) is 0 Å². The lowest BCUT2D eigenvalue weighted by Gasteiger charge is -2.32. The van der Waals surface area contributed by atoms with Crippen LogP contribution >= 0.6 is 0 Å². The molecular formula is C29H41N5. The van der Waals surface area contributed by atoms with Crippen molar-refractivity contribution < 1.29 is 0 Å². The van der Waals surface area contributed by atoms with Crippen LogP contribution in [0.25, 0.3) is 0 Å². The third-order valence-electron chi connectivity index (χ3n) is 8.29. The van der Waals surface area contributed by atoms with E-state index in [2.05, 4.69) is 51.8 Å². The molecule has 0 bridgehead atoms. The Hall–Kier alpha value is -2.61. The average molecular weight is 460 g/mol. The molecule has 1 aromatic heterocycles. The van der Waals surface area contributed by atoms with Gasteiger partial charge in [-0.25, -0.2) is 9.97 Å². The number of fused-ring (bicyclic) bond motifs is 1. The standard InChI is InChI=1S/C29H41N5/c1-6-19(4)22-12-13-25(31)24(16-30)28(22)21-10-11-23-26(15-21)32-27(7-2)33-29(23)34(5)17-20-9-8-18(3)14-20/h12-13,18-21H,6-11,14-15,17,31H2,1-5H3. The predicted octanol–water partition coefficient (Wildman–Crippen LogP) is 6.15. The first-order chi connectivity index (χ1) is 16.4. The first kappa shape index (κ1) is 24.5. The second-order valence-corrected chi connectivity index (χ2v) is 10.8. The van der Waals surface area contributed by atoms with Crippen molar-refractivity contribution in [3.63, 3.8) is 0 Å². The van der Waals surface area contributed by atoms with E-state index >= 15 is 0 Å². The van der Waals surface area contributed by atoms with Gasteiger partial charge in [0.1, 0.15) is 17.7 Å². The first-order valence-electron chi connectivity index (χ1n) is 13.3. The summed E-state index contributed by atoms with van der Waals surface area (Å²) >= 11 is 0. The molecular weight excluding hydrogens is 418 g/mol. The lowest BCUT2D eigenvalue weighted by Crippen LogP contribution is -2.29. The van der Waals surface area contributed by atoms with Crippen molar-refractivity contribution in [2.24, 2.45) is 11.8 Å². The van der Waals surface area contributed by atoms with Gasteiger partial charge in [-0.05, 0) is 79.4 Å². The van der Waals surface area contributed by atoms with E-state index in [0.717, 1.165) is 67.7 Å². The maximum absolute atomic E-state index is 10.00. The van der Waals surface area contributed by atoms with Gasteiger partial charge in [-0.15, -0.1) is 0 Å². The van der Waals surface area contributed by atoms with Crippen LogP contribution in [0.3, 0.4) is 0 Å². The Morgan fingerprint density at radius 3 is 2.65 bits per heavy atom. The fourth-order valence-electron chi connectivity index (χ4n) is 6.20. The maximum Gasteiger partial charge on any atom is 0.135 e. The number of nitrogens with two attached hydrogens (primary N) is 1. The highest BCUT2D eigenvalue weighted by Crippen LogP contribution is 2.42. The first-order valence-corrected chi connectivity index (χ1v) is 13.3. The fourth-order valence-corrected chi connectivity index (χ4v) is 6.20. The van der Waals surface area contributed by atoms with Gasteiger partial charge in [0.15, 0.2) is 0 Å². The number of aromatic nitrogens is 2. The van der Waals surface area contributed by atoms with Crippen LogP contribution in [0.4, 0.5) is 11.5 Å². The minimum absolute atomic E-state index is 0.267. The highest BCUT2D eigenvalue weighted by atomic mass is 15.2. The molecule has 0 saturated heterocycles. The van der Waals surface area contributed by atoms with E-state index in [0.29, 0.717) is 17.2 Å². The van der Waals surface area contributed by atoms with Crippen LogP contribution < -0.4 is 10.6 Å². The summed E-state index contributed by atoms with van der Waals surface area (Å²) in [6, 6.07) is 6.49. The van der Waals surface area contributed by atoms with Crippen LogP contribution in [0.1, 0.15) is 105 Å². The Kier molecular flexibility index (Phi) is 7.45. The smallest absolute Gasteiger partial charge is 0.135 e. The molecule has 1 aromatic carbocycles. The summed E-state index contributed by atoms with van der Waals surface area (Å²) in [7, 11) is 2.21. The highest BCUT2D eigenvalue weighted by molar-refractivity contribution is 5.62. The summed E-state index contributed by atoms with van der Waals surface area (Å²) in [5, 5.41) is 10.00. The molecule has 5 nitrogen and oxygen atoms in total. The Bertz CT molecular complexity index is 1070. The average Bonchev–Trinajstić information content (AvgIpc) is 3.26. The SMILES string of the molecule is CCc1nc2c(c(N(C)CC3CCC(C)C3)n1)CCC(c1c(C(C)CC)ccc(N)c1C#N)C2. The van der Waals surface area contributed by atoms with Crippen molar-refractivity contribution in [1.82, 2.24) is 9.97 Å². The topological polar surface area (TPSA) is 78.8 Å². The molecule has 2 aliphatic carbocycles. The molecule has 2 aromatic rings. The van der Waals surface area contributed by atoms with Gasteiger partial charge in [-0.3, -0.25) is 0 Å². The third kappa shape index (κ3) is 4.78. The molecule has 4 rings (SSSR count). The number of nitrogens with zero attached hydrogens (tertiary/aromatic N) is 4. The van der Waals surface area contributed by atoms with Crippen molar-refractivity contribution >= 4 is 11.5 Å². The Balaban J connectivity index is 1.69. The largest absolute Gasteiger partial charge is 0.398 e. The number of hydrogen-bond donors (Lipinski definition) is 1. The van der Waals surface area contributed by atoms with E-state index in [-0.39, 0.29) is 5.92 Å². The van der Waals surface area contributed by atoms with Gasteiger partial charge in [0.05, 0.1) is 11.3 Å². The normalized spacial score (nSPS) is 22.8. The molecule has 0 spiro atoms. The molecule has 0 amide bonds. The van der Waals surface area contributed by atoms with E-state index in [1.807, 2.05) is 6.07 Å². The van der Waals surface area contributed by atoms with Gasteiger partial charge < -0.3 is 10.6 Å². The Morgan fingerprint density at radius 1 is 1.21 bits per heavy atom. The van der Waals surface area contributed by atoms with Crippen molar-refractivity contribution in [3.05, 3.63) is 45.9 Å². The van der Waals surface area contributed by atoms with Gasteiger partial charge >= 0.3 is 0 Å². The van der Waals surface area contributed by atoms with Gasteiger partial charge in [0.2, 0.25) is 0 Å². The van der Waals surface area contributed by atoms with E-state index in [4.69, 9.17) is 15.7 Å². The van der Waals surface area contributed by atoms with Crippen molar-refractivity contribution in [3.8, 4) is 6.07 Å². The summed E-state index contributed by atoms with van der Waals surface area (Å²) in [5.74, 6) is 4.33. The van der Waals surface area contributed by atoms with Crippen LogP contribution in [-0.4, -0.2) is 23.6 Å². The Morgan fingerprint density at radius 2 is 2.00 bits per heavy atom. The van der Waals surface area contributed by atoms with Crippen LogP contribution in [0.15, 0.2) is 12.1 Å². The van der Waals surface area contributed by atoms with Gasteiger partial charge in [-0.1, -0.05) is 40.2 Å². The maximum atomic E-state index is 10.00. The molecule has 5 heteroatoms. The fraction of sp³-hybridized carbons (Fsp3) is 0.621. The lowest BCUT2D eigenvalue weighted by atomic mass is 9.76. The van der Waals surface area contributed by atoms with Crippen LogP contribution in [-0.2, 0) is 19.3 Å². The Labute approximate surface area is 205 Å². The van der Waals surface area contributed by atoms with Gasteiger partial charge in [-0.2, -0.15) is 5.26 Å². The van der Waals surface area contributed by atoms with Gasteiger partial charge in [0.25, 0.3) is 0 Å². The molecule has 0 radical (unpaired) electrons. The van der Waals surface area contributed by atoms with Gasteiger partial charge in [0, 0.05) is 31.3 Å². The zero-order valence-corrected chi connectivity index (χ0v) is 21.7. The summed E-state index contributed by atoms with van der Waals surface area (Å²) in [4.78, 5) is 12.4. The molecule has 4 unspecified atom stereocenters. The summed E-state index contributed by atoms with van der Waals surface area (Å²) in [6.45, 7) is 10.0. The second-order valence-electron chi connectivity index (χ2n) is 10.8. The molecule has 182 valence electrons. The van der Waals surface area contributed by atoms with E-state index in [9.17, 15) is 5.26 Å². The van der Waals surface area contributed by atoms with Crippen LogP contribution in [0.2, 0.25) is 0 Å². The number of hydrogen-bond acceptors (Lipinski definition) is 5. The van der Waals surface area contributed by atoms with E-state index in [1.165, 1.54) is 36.1 Å². The van der Waals surface area contributed by atoms with E-state index in [1.54, 1.807) is 0 Å². The predicted molar refractivity (Wildman–Crippen MR) is 140 cm³/mol. The molecule has 1 saturated carbocycles. The minimum atomic E-state index is 0.267.